The fraction of sp³-hybridized carbons (Fsp3) is 0.174. The molecule has 0 saturated heterocycles. The fourth-order valence-corrected chi connectivity index (χ4v) is 4.00. The smallest absolute Gasteiger partial charge is 0.406 e. The van der Waals surface area contributed by atoms with Gasteiger partial charge in [0.25, 0.3) is 0 Å². The largest absolute Gasteiger partial charge is 0.573 e. The average Bonchev–Trinajstić information content (AvgIpc) is 2.99. The monoisotopic (exact) mass is 451 g/mol. The third kappa shape index (κ3) is 4.02. The van der Waals surface area contributed by atoms with Crippen molar-refractivity contribution in [1.29, 1.82) is 0 Å². The Kier molecular flexibility index (Phi) is 5.15. The van der Waals surface area contributed by atoms with E-state index < -0.39 is 35.2 Å². The Morgan fingerprint density at radius 1 is 0.844 bits per heavy atom. The van der Waals surface area contributed by atoms with Gasteiger partial charge in [-0.15, -0.1) is 13.2 Å². The summed E-state index contributed by atoms with van der Waals surface area (Å²) in [7, 11) is 0. The number of hydrogen-bond donors (Lipinski definition) is 1. The van der Waals surface area contributed by atoms with E-state index in [1.165, 1.54) is 24.3 Å². The van der Waals surface area contributed by atoms with Gasteiger partial charge < -0.3 is 10.1 Å². The topological polar surface area (TPSA) is 38.3 Å². The number of carbonyl (C=O) groups excluding carboxylic acids is 1. The van der Waals surface area contributed by atoms with Crippen LogP contribution in [0.25, 0.3) is 0 Å². The van der Waals surface area contributed by atoms with Crippen molar-refractivity contribution in [3.63, 3.8) is 0 Å². The summed E-state index contributed by atoms with van der Waals surface area (Å²) < 4.78 is 82.0. The molecule has 0 spiro atoms. The van der Waals surface area contributed by atoms with E-state index in [9.17, 15) is 31.1 Å². The van der Waals surface area contributed by atoms with E-state index >= 15 is 0 Å². The molecular weight excluding hydrogens is 436 g/mol. The molecule has 3 nitrogen and oxygen atoms in total. The molecule has 1 heterocycles. The first-order valence-corrected chi connectivity index (χ1v) is 9.42. The quantitative estimate of drug-likeness (QED) is 0.488. The standard InChI is InChI=1S/C23H15F6NO2/c24-22(25,26)16-7-4-6-15(12-16)21(18-9-1-2-10-19(18)30-20(21)31)13-14-5-3-8-17(11-14)32-23(27,28)29/h1-12H,13H2,(H,30,31). The second-order valence-corrected chi connectivity index (χ2v) is 7.36. The number of fused-ring (bicyclic) bond motifs is 1. The molecule has 1 amide bonds. The molecule has 1 aliphatic rings. The number of halogens is 6. The molecule has 0 aliphatic carbocycles. The molecule has 3 aromatic rings. The first kappa shape index (κ1) is 21.7. The Balaban J connectivity index is 1.87. The summed E-state index contributed by atoms with van der Waals surface area (Å²) in [6.07, 6.45) is -9.72. The maximum Gasteiger partial charge on any atom is 0.573 e. The fourth-order valence-electron chi connectivity index (χ4n) is 4.00. The van der Waals surface area contributed by atoms with Gasteiger partial charge in [-0.3, -0.25) is 4.79 Å². The van der Waals surface area contributed by atoms with Crippen LogP contribution in [0.2, 0.25) is 0 Å². The highest BCUT2D eigenvalue weighted by Gasteiger charge is 2.49. The summed E-state index contributed by atoms with van der Waals surface area (Å²) in [5.74, 6) is -1.05. The number of nitrogens with one attached hydrogen (secondary N) is 1. The predicted molar refractivity (Wildman–Crippen MR) is 104 cm³/mol. The third-order valence-corrected chi connectivity index (χ3v) is 5.31. The molecule has 1 aliphatic heterocycles. The van der Waals surface area contributed by atoms with Crippen LogP contribution in [0.3, 0.4) is 0 Å². The van der Waals surface area contributed by atoms with Gasteiger partial charge in [0.2, 0.25) is 5.91 Å². The minimum atomic E-state index is -4.91. The molecule has 0 bridgehead atoms. The highest BCUT2D eigenvalue weighted by atomic mass is 19.4. The first-order chi connectivity index (χ1) is 15.0. The van der Waals surface area contributed by atoms with E-state index in [-0.39, 0.29) is 17.5 Å². The Labute approximate surface area is 178 Å². The molecule has 3 aromatic carbocycles. The Morgan fingerprint density at radius 3 is 2.28 bits per heavy atom. The van der Waals surface area contributed by atoms with Crippen molar-refractivity contribution < 1.29 is 35.9 Å². The number of carbonyl (C=O) groups is 1. The molecule has 1 atom stereocenters. The van der Waals surface area contributed by atoms with E-state index in [2.05, 4.69) is 10.1 Å². The van der Waals surface area contributed by atoms with E-state index in [1.807, 2.05) is 0 Å². The lowest BCUT2D eigenvalue weighted by Gasteiger charge is -2.29. The summed E-state index contributed by atoms with van der Waals surface area (Å²) in [6.45, 7) is 0. The highest BCUT2D eigenvalue weighted by molar-refractivity contribution is 6.09. The molecule has 0 saturated carbocycles. The van der Waals surface area contributed by atoms with Crippen molar-refractivity contribution >= 4 is 11.6 Å². The van der Waals surface area contributed by atoms with Gasteiger partial charge in [0, 0.05) is 5.69 Å². The Hall–Kier alpha value is -3.49. The van der Waals surface area contributed by atoms with Crippen LogP contribution in [0.15, 0.2) is 72.8 Å². The van der Waals surface area contributed by atoms with Gasteiger partial charge in [0.15, 0.2) is 0 Å². The van der Waals surface area contributed by atoms with Gasteiger partial charge in [-0.2, -0.15) is 13.2 Å². The van der Waals surface area contributed by atoms with Crippen molar-refractivity contribution in [3.8, 4) is 5.75 Å². The number of benzene rings is 3. The maximum absolute atomic E-state index is 13.4. The average molecular weight is 451 g/mol. The van der Waals surface area contributed by atoms with Gasteiger partial charge in [0.05, 0.1) is 5.56 Å². The Morgan fingerprint density at radius 2 is 1.56 bits per heavy atom. The van der Waals surface area contributed by atoms with Crippen LogP contribution in [0.4, 0.5) is 32.0 Å². The second-order valence-electron chi connectivity index (χ2n) is 7.36. The number of para-hydroxylation sites is 1. The SMILES string of the molecule is O=C1Nc2ccccc2C1(Cc1cccc(OC(F)(F)F)c1)c1cccc(C(F)(F)F)c1. The zero-order valence-electron chi connectivity index (χ0n) is 16.2. The van der Waals surface area contributed by atoms with Crippen molar-refractivity contribution in [2.45, 2.75) is 24.4 Å². The number of alkyl halides is 6. The number of anilines is 1. The molecule has 4 rings (SSSR count). The second kappa shape index (κ2) is 7.58. The van der Waals surface area contributed by atoms with E-state index in [1.54, 1.807) is 24.3 Å². The van der Waals surface area contributed by atoms with Crippen LogP contribution < -0.4 is 10.1 Å². The van der Waals surface area contributed by atoms with Crippen LogP contribution in [0, 0.1) is 0 Å². The van der Waals surface area contributed by atoms with Gasteiger partial charge in [-0.1, -0.05) is 48.5 Å². The van der Waals surface area contributed by atoms with Crippen LogP contribution in [-0.2, 0) is 22.8 Å². The third-order valence-electron chi connectivity index (χ3n) is 5.31. The lowest BCUT2D eigenvalue weighted by molar-refractivity contribution is -0.274. The molecule has 166 valence electrons. The summed E-state index contributed by atoms with van der Waals surface area (Å²) in [4.78, 5) is 13.2. The molecule has 9 heteroatoms. The van der Waals surface area contributed by atoms with E-state index in [0.29, 0.717) is 11.3 Å². The number of hydrogen-bond acceptors (Lipinski definition) is 2. The van der Waals surface area contributed by atoms with Crippen molar-refractivity contribution in [3.05, 3.63) is 95.1 Å². The van der Waals surface area contributed by atoms with Crippen molar-refractivity contribution in [1.82, 2.24) is 0 Å². The zero-order chi connectivity index (χ0) is 23.1. The van der Waals surface area contributed by atoms with Crippen LogP contribution in [-0.4, -0.2) is 12.3 Å². The summed E-state index contributed by atoms with van der Waals surface area (Å²) in [6, 6.07) is 16.0. The first-order valence-electron chi connectivity index (χ1n) is 9.42. The molecule has 1 unspecified atom stereocenters. The molecule has 32 heavy (non-hydrogen) atoms. The molecule has 0 radical (unpaired) electrons. The zero-order valence-corrected chi connectivity index (χ0v) is 16.2. The normalized spacial score (nSPS) is 18.2. The number of rotatable bonds is 4. The minimum absolute atomic E-state index is 0.0805. The van der Waals surface area contributed by atoms with Crippen LogP contribution in [0.5, 0.6) is 5.75 Å². The van der Waals surface area contributed by atoms with Gasteiger partial charge >= 0.3 is 12.5 Å². The van der Waals surface area contributed by atoms with Crippen LogP contribution >= 0.6 is 0 Å². The van der Waals surface area contributed by atoms with Crippen LogP contribution in [0.1, 0.15) is 22.3 Å². The van der Waals surface area contributed by atoms with Gasteiger partial charge in [-0.05, 0) is 47.4 Å². The summed E-state index contributed by atoms with van der Waals surface area (Å²) >= 11 is 0. The van der Waals surface area contributed by atoms with Gasteiger partial charge in [-0.25, -0.2) is 0 Å². The lowest BCUT2D eigenvalue weighted by Crippen LogP contribution is -2.38. The van der Waals surface area contributed by atoms with Crippen molar-refractivity contribution in [2.24, 2.45) is 0 Å². The maximum atomic E-state index is 13.4. The number of ether oxygens (including phenoxy) is 1. The number of amides is 1. The van der Waals surface area contributed by atoms with Gasteiger partial charge in [0.1, 0.15) is 11.2 Å². The predicted octanol–water partition coefficient (Wildman–Crippen LogP) is 6.08. The summed E-state index contributed by atoms with van der Waals surface area (Å²) in [5.41, 5.74) is -1.27. The highest BCUT2D eigenvalue weighted by Crippen LogP contribution is 2.46. The molecule has 0 aromatic heterocycles. The van der Waals surface area contributed by atoms with Crippen molar-refractivity contribution in [2.75, 3.05) is 5.32 Å². The lowest BCUT2D eigenvalue weighted by atomic mass is 9.71. The Bertz CT molecular complexity index is 1170. The van der Waals surface area contributed by atoms with E-state index in [4.69, 9.17) is 0 Å². The van der Waals surface area contributed by atoms with E-state index in [0.717, 1.165) is 24.3 Å². The minimum Gasteiger partial charge on any atom is -0.406 e. The molecule has 0 fully saturated rings. The summed E-state index contributed by atoms with van der Waals surface area (Å²) in [5, 5.41) is 2.69. The molecule has 1 N–H and O–H groups in total. The molecular formula is C23H15F6NO2.